The number of carbonyl (C=O) groups is 1. The Balaban J connectivity index is 1.46. The van der Waals surface area contributed by atoms with Gasteiger partial charge in [-0.05, 0) is 18.6 Å². The maximum atomic E-state index is 14.1. The minimum Gasteiger partial charge on any atom is -0.352 e. The monoisotopic (exact) mass is 445 g/mol. The Labute approximate surface area is 190 Å². The van der Waals surface area contributed by atoms with Crippen molar-refractivity contribution < 1.29 is 13.7 Å². The molecule has 0 spiro atoms. The van der Waals surface area contributed by atoms with Gasteiger partial charge in [0.15, 0.2) is 0 Å². The molecule has 0 bridgehead atoms. The normalized spacial score (nSPS) is 14.1. The molecule has 168 valence electrons. The zero-order valence-corrected chi connectivity index (χ0v) is 18.4. The van der Waals surface area contributed by atoms with Crippen molar-refractivity contribution in [2.75, 3.05) is 31.1 Å². The van der Waals surface area contributed by atoms with Gasteiger partial charge in [-0.1, -0.05) is 54.5 Å². The first-order valence-electron chi connectivity index (χ1n) is 11.2. The number of aryl methyl sites for hydroxylation is 1. The highest BCUT2D eigenvalue weighted by Gasteiger charge is 2.28. The lowest BCUT2D eigenvalue weighted by Gasteiger charge is -2.35. The molecule has 33 heavy (non-hydrogen) atoms. The fourth-order valence-electron chi connectivity index (χ4n) is 4.16. The minimum absolute atomic E-state index is 0.103. The van der Waals surface area contributed by atoms with Crippen molar-refractivity contribution in [1.29, 1.82) is 0 Å². The third-order valence-corrected chi connectivity index (χ3v) is 5.85. The zero-order chi connectivity index (χ0) is 22.8. The molecular weight excluding hydrogens is 421 g/mol. The second kappa shape index (κ2) is 8.97. The number of halogens is 1. The van der Waals surface area contributed by atoms with Gasteiger partial charge < -0.3 is 14.3 Å². The summed E-state index contributed by atoms with van der Waals surface area (Å²) >= 11 is 0. The molecule has 0 saturated carbocycles. The highest BCUT2D eigenvalue weighted by Crippen LogP contribution is 2.34. The van der Waals surface area contributed by atoms with Gasteiger partial charge in [0.2, 0.25) is 0 Å². The van der Waals surface area contributed by atoms with Gasteiger partial charge >= 0.3 is 0 Å². The number of nitrogens with zero attached hydrogens (tertiary/aromatic N) is 5. The summed E-state index contributed by atoms with van der Waals surface area (Å²) in [6.45, 7) is 4.14. The number of benzene rings is 2. The molecule has 1 aliphatic heterocycles. The molecule has 2 aromatic heterocycles. The number of amides is 1. The molecule has 1 saturated heterocycles. The average molecular weight is 445 g/mol. The maximum absolute atomic E-state index is 14.1. The second-order valence-electron chi connectivity index (χ2n) is 8.05. The third kappa shape index (κ3) is 4.04. The van der Waals surface area contributed by atoms with Crippen LogP contribution >= 0.6 is 0 Å². The van der Waals surface area contributed by atoms with Gasteiger partial charge in [0.05, 0.1) is 5.56 Å². The Hall–Kier alpha value is -3.81. The van der Waals surface area contributed by atoms with Crippen LogP contribution in [0.5, 0.6) is 0 Å². The first-order valence-corrected chi connectivity index (χ1v) is 11.2. The van der Waals surface area contributed by atoms with Crippen molar-refractivity contribution in [1.82, 2.24) is 20.0 Å². The van der Waals surface area contributed by atoms with E-state index in [-0.39, 0.29) is 11.5 Å². The predicted octanol–water partition coefficient (Wildman–Crippen LogP) is 4.34. The van der Waals surface area contributed by atoms with Crippen LogP contribution in [0.4, 0.5) is 10.2 Å². The van der Waals surface area contributed by atoms with E-state index in [1.54, 1.807) is 17.0 Å². The minimum atomic E-state index is -0.497. The molecule has 0 atom stereocenters. The van der Waals surface area contributed by atoms with Crippen LogP contribution in [0.3, 0.4) is 0 Å². The molecule has 2 aromatic carbocycles. The Bertz CT molecular complexity index is 1280. The number of piperazine rings is 1. The lowest BCUT2D eigenvalue weighted by molar-refractivity contribution is 0.0742. The van der Waals surface area contributed by atoms with Crippen LogP contribution in [0.25, 0.3) is 22.4 Å². The molecule has 8 heteroatoms. The van der Waals surface area contributed by atoms with Gasteiger partial charge in [-0.25, -0.2) is 9.37 Å². The molecule has 0 radical (unpaired) electrons. The second-order valence-corrected chi connectivity index (χ2v) is 8.05. The van der Waals surface area contributed by atoms with Crippen LogP contribution in [-0.2, 0) is 6.42 Å². The summed E-state index contributed by atoms with van der Waals surface area (Å²) < 4.78 is 19.7. The van der Waals surface area contributed by atoms with Crippen molar-refractivity contribution >= 4 is 22.8 Å². The average Bonchev–Trinajstić information content (AvgIpc) is 3.28. The Morgan fingerprint density at radius 3 is 2.45 bits per heavy atom. The van der Waals surface area contributed by atoms with E-state index in [0.717, 1.165) is 29.6 Å². The molecule has 5 rings (SSSR count). The van der Waals surface area contributed by atoms with Gasteiger partial charge in [-0.2, -0.15) is 4.98 Å². The lowest BCUT2D eigenvalue weighted by atomic mass is 10.1. The van der Waals surface area contributed by atoms with Gasteiger partial charge in [-0.3, -0.25) is 4.79 Å². The number of anilines is 1. The highest BCUT2D eigenvalue weighted by molar-refractivity contribution is 5.98. The summed E-state index contributed by atoms with van der Waals surface area (Å²) in [5.74, 6) is 0.688. The van der Waals surface area contributed by atoms with Gasteiger partial charge in [0.25, 0.3) is 11.6 Å². The summed E-state index contributed by atoms with van der Waals surface area (Å²) in [4.78, 5) is 26.1. The third-order valence-electron chi connectivity index (χ3n) is 5.85. The first-order chi connectivity index (χ1) is 16.2. The summed E-state index contributed by atoms with van der Waals surface area (Å²) in [5, 5.41) is 5.08. The largest absolute Gasteiger partial charge is 0.352 e. The van der Waals surface area contributed by atoms with Gasteiger partial charge in [-0.15, -0.1) is 0 Å². The van der Waals surface area contributed by atoms with E-state index in [2.05, 4.69) is 22.0 Å². The molecule has 4 aromatic rings. The molecule has 3 heterocycles. The van der Waals surface area contributed by atoms with E-state index in [9.17, 15) is 9.18 Å². The fourth-order valence-corrected chi connectivity index (χ4v) is 4.16. The predicted molar refractivity (Wildman–Crippen MR) is 124 cm³/mol. The van der Waals surface area contributed by atoms with Crippen LogP contribution in [0.15, 0.2) is 59.1 Å². The van der Waals surface area contributed by atoms with E-state index in [4.69, 9.17) is 9.51 Å². The van der Waals surface area contributed by atoms with Crippen molar-refractivity contribution in [3.63, 3.8) is 0 Å². The highest BCUT2D eigenvalue weighted by atomic mass is 19.1. The van der Waals surface area contributed by atoms with E-state index < -0.39 is 5.82 Å². The van der Waals surface area contributed by atoms with Crippen LogP contribution in [0.1, 0.15) is 29.5 Å². The number of fused-ring (bicyclic) bond motifs is 1. The molecule has 1 amide bonds. The van der Waals surface area contributed by atoms with Gasteiger partial charge in [0, 0.05) is 38.2 Å². The summed E-state index contributed by atoms with van der Waals surface area (Å²) in [7, 11) is 0. The number of carbonyl (C=O) groups excluding carboxylic acids is 1. The van der Waals surface area contributed by atoms with E-state index >= 15 is 0 Å². The van der Waals surface area contributed by atoms with Crippen LogP contribution in [0.2, 0.25) is 0 Å². The fraction of sp³-hybridized carbons (Fsp3) is 0.280. The number of hydrogen-bond acceptors (Lipinski definition) is 6. The molecule has 1 aliphatic rings. The maximum Gasteiger partial charge on any atom is 0.263 e. The Morgan fingerprint density at radius 1 is 1.00 bits per heavy atom. The molecule has 0 N–H and O–H groups in total. The molecular formula is C25H24FN5O2. The quantitative estimate of drug-likeness (QED) is 0.455. The zero-order valence-electron chi connectivity index (χ0n) is 18.4. The molecule has 0 unspecified atom stereocenters. The first kappa shape index (κ1) is 21.1. The number of hydrogen-bond donors (Lipinski definition) is 0. The Morgan fingerprint density at radius 2 is 1.73 bits per heavy atom. The SMILES string of the molecule is CCCc1nc(N2CCN(C(=O)c3ccccc3F)CC2)c2c(-c3ccccc3)noc2n1. The van der Waals surface area contributed by atoms with Crippen molar-refractivity contribution in [3.8, 4) is 11.3 Å². The standard InChI is InChI=1S/C25H24FN5O2/c1-2-8-20-27-23(21-22(29-33-24(21)28-20)17-9-4-3-5-10-17)30-13-15-31(16-14-30)25(32)18-11-6-7-12-19(18)26/h3-7,9-12H,2,8,13-16H2,1H3. The van der Waals surface area contributed by atoms with Crippen LogP contribution < -0.4 is 4.90 Å². The Kier molecular flexibility index (Phi) is 5.73. The number of rotatable bonds is 5. The molecule has 7 nitrogen and oxygen atoms in total. The van der Waals surface area contributed by atoms with Crippen LogP contribution in [0, 0.1) is 5.82 Å². The topological polar surface area (TPSA) is 75.4 Å². The van der Waals surface area contributed by atoms with E-state index in [1.807, 2.05) is 30.3 Å². The van der Waals surface area contributed by atoms with Crippen LogP contribution in [-0.4, -0.2) is 52.1 Å². The smallest absolute Gasteiger partial charge is 0.263 e. The van der Waals surface area contributed by atoms with Gasteiger partial charge in [0.1, 0.15) is 28.5 Å². The van der Waals surface area contributed by atoms with Crippen molar-refractivity contribution in [2.24, 2.45) is 0 Å². The number of aromatic nitrogens is 3. The van der Waals surface area contributed by atoms with Crippen molar-refractivity contribution in [2.45, 2.75) is 19.8 Å². The van der Waals surface area contributed by atoms with E-state index in [0.29, 0.717) is 43.4 Å². The summed E-state index contributed by atoms with van der Waals surface area (Å²) in [6, 6.07) is 15.9. The van der Waals surface area contributed by atoms with Crippen molar-refractivity contribution in [3.05, 3.63) is 71.8 Å². The summed E-state index contributed by atoms with van der Waals surface area (Å²) in [5.41, 5.74) is 2.20. The molecule has 1 fully saturated rings. The summed E-state index contributed by atoms with van der Waals surface area (Å²) in [6.07, 6.45) is 1.64. The van der Waals surface area contributed by atoms with E-state index in [1.165, 1.54) is 12.1 Å². The molecule has 0 aliphatic carbocycles. The lowest BCUT2D eigenvalue weighted by Crippen LogP contribution is -2.49.